The minimum absolute atomic E-state index is 0.0719. The Morgan fingerprint density at radius 2 is 1.81 bits per heavy atom. The predicted molar refractivity (Wildman–Crippen MR) is 203 cm³/mol. The van der Waals surface area contributed by atoms with Gasteiger partial charge in [0, 0.05) is 47.5 Å². The van der Waals surface area contributed by atoms with E-state index in [9.17, 15) is 19.2 Å². The number of amides is 4. The molecule has 272 valence electrons. The van der Waals surface area contributed by atoms with Gasteiger partial charge in [0.05, 0.1) is 33.5 Å². The number of carbonyl (C=O) groups is 4. The van der Waals surface area contributed by atoms with Gasteiger partial charge in [0.2, 0.25) is 11.8 Å². The number of carbonyl (C=O) groups excluding carboxylic acids is 4. The second kappa shape index (κ2) is 14.1. The summed E-state index contributed by atoms with van der Waals surface area (Å²) in [5, 5.41) is 20.5. The van der Waals surface area contributed by atoms with E-state index in [0.717, 1.165) is 67.2 Å². The van der Waals surface area contributed by atoms with E-state index in [4.69, 9.17) is 16.6 Å². The van der Waals surface area contributed by atoms with E-state index in [1.807, 2.05) is 49.0 Å². The highest BCUT2D eigenvalue weighted by atomic mass is 35.5. The second-order valence-corrected chi connectivity index (χ2v) is 14.8. The molecule has 5 aromatic rings. The molecule has 3 aliphatic heterocycles. The standard InChI is InChI=1S/C39H34ClN9O4S/c1-21-30(54-39-32(21)34(25-10-12-26(40)13-11-25)43-22(2)35-46-45-23(3)48(35)39)15-9-24-19-42-47(20-24)18-5-4-17-41-28-8-6-7-27-33(28)38(53)49(37(27)52)29-14-16-31(50)44-36(29)51/h6-8,10-13,19-20,22,29,41H,4-5,14,16-18H2,1-3H3,(H,44,50,51)/t22-,29?/m0/s1. The van der Waals surface area contributed by atoms with Crippen molar-refractivity contribution in [1.29, 1.82) is 0 Å². The Labute approximate surface area is 319 Å². The molecule has 0 radical (unpaired) electrons. The maximum Gasteiger partial charge on any atom is 0.264 e. The Balaban J connectivity index is 0.926. The van der Waals surface area contributed by atoms with Crippen LogP contribution in [0, 0.1) is 25.7 Å². The number of nitrogens with one attached hydrogen (secondary N) is 2. The van der Waals surface area contributed by atoms with Crippen molar-refractivity contribution in [3.8, 4) is 16.8 Å². The Morgan fingerprint density at radius 1 is 1.00 bits per heavy atom. The van der Waals surface area contributed by atoms with Crippen molar-refractivity contribution >= 4 is 58.0 Å². The van der Waals surface area contributed by atoms with Crippen LogP contribution in [0.15, 0.2) is 59.9 Å². The molecule has 6 heterocycles. The number of imide groups is 2. The molecule has 2 atom stereocenters. The number of fused-ring (bicyclic) bond motifs is 4. The van der Waals surface area contributed by atoms with E-state index < -0.39 is 29.7 Å². The first-order chi connectivity index (χ1) is 26.1. The Bertz CT molecular complexity index is 2470. The molecule has 0 bridgehead atoms. The van der Waals surface area contributed by atoms with Crippen LogP contribution in [0.5, 0.6) is 0 Å². The summed E-state index contributed by atoms with van der Waals surface area (Å²) in [5.74, 6) is 6.16. The summed E-state index contributed by atoms with van der Waals surface area (Å²) in [5.41, 5.74) is 5.70. The van der Waals surface area contributed by atoms with Gasteiger partial charge in [-0.05, 0) is 69.9 Å². The van der Waals surface area contributed by atoms with Crippen molar-refractivity contribution in [2.45, 2.75) is 65.1 Å². The molecule has 2 N–H and O–H groups in total. The highest BCUT2D eigenvalue weighted by Crippen LogP contribution is 2.39. The molecular weight excluding hydrogens is 726 g/mol. The van der Waals surface area contributed by atoms with Crippen molar-refractivity contribution in [1.82, 2.24) is 34.8 Å². The Hall–Kier alpha value is -5.91. The SMILES string of the molecule is Cc1c(C#Cc2cnn(CCCCNc3cccc4c3C(=O)N(C3CCC(=O)NC3=O)C4=O)c2)sc2c1C(c1ccc(Cl)cc1)=N[C@@H](C)c1nnc(C)n1-2. The fourth-order valence-electron chi connectivity index (χ4n) is 7.06. The number of halogens is 1. The van der Waals surface area contributed by atoms with Crippen LogP contribution >= 0.6 is 22.9 Å². The molecule has 2 aromatic carbocycles. The number of benzene rings is 2. The molecule has 1 unspecified atom stereocenters. The third-order valence-electron chi connectivity index (χ3n) is 9.78. The van der Waals surface area contributed by atoms with Crippen LogP contribution in [0.2, 0.25) is 5.02 Å². The van der Waals surface area contributed by atoms with Crippen LogP contribution in [-0.4, -0.2) is 71.4 Å². The van der Waals surface area contributed by atoms with Crippen molar-refractivity contribution in [2.24, 2.45) is 4.99 Å². The number of aryl methyl sites for hydroxylation is 2. The number of aromatic nitrogens is 5. The number of aliphatic imine (C=N–C) groups is 1. The van der Waals surface area contributed by atoms with Crippen molar-refractivity contribution < 1.29 is 19.2 Å². The predicted octanol–water partition coefficient (Wildman–Crippen LogP) is 5.40. The number of hydrogen-bond acceptors (Lipinski definition) is 10. The minimum atomic E-state index is -1.01. The molecule has 54 heavy (non-hydrogen) atoms. The maximum absolute atomic E-state index is 13.4. The summed E-state index contributed by atoms with van der Waals surface area (Å²) in [4.78, 5) is 57.6. The molecule has 8 rings (SSSR count). The molecular formula is C39H34ClN9O4S. The second-order valence-electron chi connectivity index (χ2n) is 13.4. The minimum Gasteiger partial charge on any atom is -0.384 e. The largest absolute Gasteiger partial charge is 0.384 e. The van der Waals surface area contributed by atoms with Gasteiger partial charge >= 0.3 is 0 Å². The van der Waals surface area contributed by atoms with Crippen LogP contribution in [0.4, 0.5) is 5.69 Å². The van der Waals surface area contributed by atoms with E-state index in [-0.39, 0.29) is 30.0 Å². The van der Waals surface area contributed by atoms with Gasteiger partial charge < -0.3 is 5.32 Å². The van der Waals surface area contributed by atoms with Gasteiger partial charge in [0.25, 0.3) is 11.8 Å². The van der Waals surface area contributed by atoms with Gasteiger partial charge in [-0.3, -0.25) is 43.6 Å². The molecule has 0 saturated carbocycles. The molecule has 1 saturated heterocycles. The lowest BCUT2D eigenvalue weighted by atomic mass is 9.99. The van der Waals surface area contributed by atoms with Crippen LogP contribution in [0.3, 0.4) is 0 Å². The highest BCUT2D eigenvalue weighted by Gasteiger charge is 2.45. The Morgan fingerprint density at radius 3 is 2.61 bits per heavy atom. The van der Waals surface area contributed by atoms with Gasteiger partial charge in [0.15, 0.2) is 5.82 Å². The van der Waals surface area contributed by atoms with Gasteiger partial charge in [-0.15, -0.1) is 21.5 Å². The first-order valence-corrected chi connectivity index (χ1v) is 18.8. The smallest absolute Gasteiger partial charge is 0.264 e. The van der Waals surface area contributed by atoms with E-state index in [0.29, 0.717) is 23.8 Å². The van der Waals surface area contributed by atoms with Crippen molar-refractivity contribution in [3.05, 3.63) is 110 Å². The maximum atomic E-state index is 13.4. The van der Waals surface area contributed by atoms with Gasteiger partial charge in [-0.1, -0.05) is 41.6 Å². The molecule has 15 heteroatoms. The van der Waals surface area contributed by atoms with Gasteiger partial charge in [-0.25, -0.2) is 0 Å². The highest BCUT2D eigenvalue weighted by molar-refractivity contribution is 7.15. The number of hydrogen-bond donors (Lipinski definition) is 2. The average Bonchev–Trinajstić information content (AvgIpc) is 3.89. The summed E-state index contributed by atoms with van der Waals surface area (Å²) in [7, 11) is 0. The van der Waals surface area contributed by atoms with Crippen LogP contribution in [0.25, 0.3) is 5.00 Å². The number of piperidine rings is 1. The zero-order valence-corrected chi connectivity index (χ0v) is 31.2. The molecule has 0 spiro atoms. The molecule has 0 aliphatic carbocycles. The van der Waals surface area contributed by atoms with Crippen LogP contribution < -0.4 is 10.6 Å². The summed E-state index contributed by atoms with van der Waals surface area (Å²) in [6.45, 7) is 7.26. The normalized spacial score (nSPS) is 17.6. The summed E-state index contributed by atoms with van der Waals surface area (Å²) in [6.07, 6.45) is 5.44. The topological polar surface area (TPSA) is 156 Å². The fraction of sp³-hybridized carbons (Fsp3) is 0.282. The first kappa shape index (κ1) is 35.1. The zero-order valence-electron chi connectivity index (χ0n) is 29.6. The summed E-state index contributed by atoms with van der Waals surface area (Å²) < 4.78 is 3.95. The molecule has 13 nitrogen and oxygen atoms in total. The first-order valence-electron chi connectivity index (χ1n) is 17.6. The summed E-state index contributed by atoms with van der Waals surface area (Å²) in [6, 6.07) is 11.6. The molecule has 3 aliphatic rings. The third-order valence-corrected chi connectivity index (χ3v) is 11.2. The fourth-order valence-corrected chi connectivity index (χ4v) is 8.41. The Kier molecular flexibility index (Phi) is 9.21. The van der Waals surface area contributed by atoms with E-state index in [1.54, 1.807) is 35.7 Å². The van der Waals surface area contributed by atoms with Gasteiger partial charge in [0.1, 0.15) is 22.9 Å². The van der Waals surface area contributed by atoms with Gasteiger partial charge in [-0.2, -0.15) is 5.10 Å². The van der Waals surface area contributed by atoms with Crippen molar-refractivity contribution in [3.63, 3.8) is 0 Å². The van der Waals surface area contributed by atoms with Crippen molar-refractivity contribution in [2.75, 3.05) is 11.9 Å². The van der Waals surface area contributed by atoms with E-state index in [2.05, 4.69) is 49.3 Å². The lowest BCUT2D eigenvalue weighted by Gasteiger charge is -2.27. The average molecular weight is 760 g/mol. The lowest BCUT2D eigenvalue weighted by molar-refractivity contribution is -0.136. The van der Waals surface area contributed by atoms with E-state index in [1.165, 1.54) is 0 Å². The monoisotopic (exact) mass is 759 g/mol. The number of anilines is 1. The molecule has 1 fully saturated rings. The molecule has 3 aromatic heterocycles. The third kappa shape index (κ3) is 6.29. The van der Waals surface area contributed by atoms with Crippen LogP contribution in [0.1, 0.15) is 98.1 Å². The molecule has 4 amide bonds. The van der Waals surface area contributed by atoms with Crippen LogP contribution in [-0.2, 0) is 16.1 Å². The lowest BCUT2D eigenvalue weighted by Crippen LogP contribution is -2.54. The summed E-state index contributed by atoms with van der Waals surface area (Å²) >= 11 is 7.82. The number of unbranched alkanes of at least 4 members (excludes halogenated alkanes) is 1. The van der Waals surface area contributed by atoms with E-state index >= 15 is 0 Å². The quantitative estimate of drug-likeness (QED) is 0.121. The number of nitrogens with zero attached hydrogens (tertiary/aromatic N) is 7. The number of rotatable bonds is 8. The number of thiophene rings is 1. The zero-order chi connectivity index (χ0) is 37.7.